The summed E-state index contributed by atoms with van der Waals surface area (Å²) in [7, 11) is 0. The zero-order valence-electron chi connectivity index (χ0n) is 14.9. The number of thioether (sulfide) groups is 1. The molecule has 0 atom stereocenters. The number of nitrogen functional groups attached to an aromatic ring is 1. The van der Waals surface area contributed by atoms with Gasteiger partial charge in [0.1, 0.15) is 10.6 Å². The molecule has 6 heteroatoms. The van der Waals surface area contributed by atoms with E-state index < -0.39 is 0 Å². The van der Waals surface area contributed by atoms with Crippen molar-refractivity contribution in [1.82, 2.24) is 9.97 Å². The molecule has 0 bridgehead atoms. The summed E-state index contributed by atoms with van der Waals surface area (Å²) < 4.78 is 5.92. The van der Waals surface area contributed by atoms with Gasteiger partial charge in [0, 0.05) is 17.1 Å². The lowest BCUT2D eigenvalue weighted by atomic mass is 9.94. The topological polar surface area (TPSA) is 61.0 Å². The van der Waals surface area contributed by atoms with Gasteiger partial charge >= 0.3 is 0 Å². The van der Waals surface area contributed by atoms with E-state index >= 15 is 0 Å². The predicted molar refractivity (Wildman–Crippen MR) is 111 cm³/mol. The maximum atomic E-state index is 6.29. The number of benzene rings is 1. The summed E-state index contributed by atoms with van der Waals surface area (Å²) in [6.45, 7) is 4.85. The normalized spacial score (nSPS) is 16.2. The van der Waals surface area contributed by atoms with Gasteiger partial charge in [0.05, 0.1) is 17.6 Å². The van der Waals surface area contributed by atoms with Crippen LogP contribution < -0.4 is 5.73 Å². The van der Waals surface area contributed by atoms with Gasteiger partial charge in [0.15, 0.2) is 5.16 Å². The number of hydrogen-bond donors (Lipinski definition) is 1. The highest BCUT2D eigenvalue weighted by atomic mass is 32.2. The van der Waals surface area contributed by atoms with Crippen LogP contribution in [0.25, 0.3) is 16.3 Å². The molecular weight excluding hydrogens is 362 g/mol. The van der Waals surface area contributed by atoms with Crippen molar-refractivity contribution in [1.29, 1.82) is 0 Å². The van der Waals surface area contributed by atoms with E-state index in [1.54, 1.807) is 23.1 Å². The number of rotatable bonds is 4. The van der Waals surface area contributed by atoms with Crippen LogP contribution in [0.2, 0.25) is 0 Å². The first-order valence-electron chi connectivity index (χ1n) is 8.58. The van der Waals surface area contributed by atoms with E-state index in [0.29, 0.717) is 12.4 Å². The predicted octanol–water partition coefficient (Wildman–Crippen LogP) is 4.93. The lowest BCUT2D eigenvalue weighted by molar-refractivity contribution is -0.0379. The molecule has 4 nitrogen and oxygen atoms in total. The zero-order valence-corrected chi connectivity index (χ0v) is 16.5. The van der Waals surface area contributed by atoms with E-state index in [4.69, 9.17) is 15.5 Å². The van der Waals surface area contributed by atoms with Crippen molar-refractivity contribution in [3.63, 3.8) is 0 Å². The highest BCUT2D eigenvalue weighted by Crippen LogP contribution is 2.40. The fourth-order valence-electron chi connectivity index (χ4n) is 3.09. The second kappa shape index (κ2) is 7.02. The standard InChI is InChI=1S/C20H21N3OS2/c1-20(2)11-14-15(12-24-20)26-18-16(14)17(21)22-19(23-18)25-10-6-9-13-7-4-3-5-8-13/h3-9H,10-12H2,1-2H3,(H2,21,22,23). The zero-order chi connectivity index (χ0) is 18.1. The summed E-state index contributed by atoms with van der Waals surface area (Å²) in [5, 5.41) is 1.75. The van der Waals surface area contributed by atoms with Gasteiger partial charge in [-0.1, -0.05) is 54.2 Å². The van der Waals surface area contributed by atoms with Crippen molar-refractivity contribution in [2.45, 2.75) is 37.6 Å². The summed E-state index contributed by atoms with van der Waals surface area (Å²) in [5.41, 5.74) is 8.58. The number of ether oxygens (including phenoxy) is 1. The lowest BCUT2D eigenvalue weighted by Crippen LogP contribution is -2.31. The van der Waals surface area contributed by atoms with Gasteiger partial charge in [-0.05, 0) is 25.0 Å². The van der Waals surface area contributed by atoms with Crippen molar-refractivity contribution >= 4 is 45.2 Å². The Morgan fingerprint density at radius 1 is 1.27 bits per heavy atom. The summed E-state index contributed by atoms with van der Waals surface area (Å²) in [4.78, 5) is 11.5. The molecule has 0 amide bonds. The third-order valence-corrected chi connectivity index (χ3v) is 6.26. The summed E-state index contributed by atoms with van der Waals surface area (Å²) >= 11 is 3.28. The van der Waals surface area contributed by atoms with Gasteiger partial charge in [-0.25, -0.2) is 9.97 Å². The minimum Gasteiger partial charge on any atom is -0.383 e. The number of hydrogen-bond acceptors (Lipinski definition) is 6. The van der Waals surface area contributed by atoms with Crippen molar-refractivity contribution in [2.75, 3.05) is 11.5 Å². The smallest absolute Gasteiger partial charge is 0.191 e. The maximum absolute atomic E-state index is 6.29. The highest BCUT2D eigenvalue weighted by Gasteiger charge is 2.30. The molecule has 134 valence electrons. The Kier molecular flexibility index (Phi) is 4.73. The maximum Gasteiger partial charge on any atom is 0.191 e. The van der Waals surface area contributed by atoms with Crippen LogP contribution in [-0.2, 0) is 17.8 Å². The molecule has 3 aromatic rings. The number of nitrogens with two attached hydrogens (primary N) is 1. The average Bonchev–Trinajstić information content (AvgIpc) is 2.96. The van der Waals surface area contributed by atoms with Crippen LogP contribution in [0.15, 0.2) is 41.6 Å². The van der Waals surface area contributed by atoms with Gasteiger partial charge in [0.25, 0.3) is 0 Å². The van der Waals surface area contributed by atoms with Crippen LogP contribution >= 0.6 is 23.1 Å². The molecule has 2 aromatic heterocycles. The van der Waals surface area contributed by atoms with Crippen LogP contribution in [0.4, 0.5) is 5.82 Å². The molecule has 4 rings (SSSR count). The molecule has 3 heterocycles. The number of aromatic nitrogens is 2. The summed E-state index contributed by atoms with van der Waals surface area (Å²) in [6, 6.07) is 10.3. The summed E-state index contributed by atoms with van der Waals surface area (Å²) in [5.74, 6) is 1.39. The van der Waals surface area contributed by atoms with E-state index in [1.807, 2.05) is 18.2 Å². The van der Waals surface area contributed by atoms with E-state index in [0.717, 1.165) is 27.5 Å². The van der Waals surface area contributed by atoms with Gasteiger partial charge in [-0.3, -0.25) is 0 Å². The Balaban J connectivity index is 1.54. The van der Waals surface area contributed by atoms with Crippen molar-refractivity contribution in [3.05, 3.63) is 52.4 Å². The van der Waals surface area contributed by atoms with Gasteiger partial charge < -0.3 is 10.5 Å². The van der Waals surface area contributed by atoms with E-state index in [9.17, 15) is 0 Å². The fraction of sp³-hybridized carbons (Fsp3) is 0.300. The number of nitrogens with zero attached hydrogens (tertiary/aromatic N) is 2. The van der Waals surface area contributed by atoms with E-state index in [-0.39, 0.29) is 5.60 Å². The molecule has 0 saturated carbocycles. The molecule has 0 saturated heterocycles. The molecule has 2 N–H and O–H groups in total. The Morgan fingerprint density at radius 3 is 2.88 bits per heavy atom. The average molecular weight is 384 g/mol. The van der Waals surface area contributed by atoms with Crippen molar-refractivity contribution in [3.8, 4) is 0 Å². The number of fused-ring (bicyclic) bond motifs is 3. The molecule has 0 fully saturated rings. The Bertz CT molecular complexity index is 964. The first-order chi connectivity index (χ1) is 12.5. The van der Waals surface area contributed by atoms with Crippen molar-refractivity contribution in [2.24, 2.45) is 0 Å². The molecular formula is C20H21N3OS2. The van der Waals surface area contributed by atoms with Gasteiger partial charge in [0.2, 0.25) is 0 Å². The minimum atomic E-state index is -0.164. The van der Waals surface area contributed by atoms with Crippen LogP contribution in [0, 0.1) is 0 Å². The SMILES string of the molecule is CC1(C)Cc2c(sc3nc(SCC=Cc4ccccc4)nc(N)c23)CO1. The second-order valence-corrected chi connectivity index (χ2v) is 9.00. The molecule has 1 aliphatic heterocycles. The molecule has 0 unspecified atom stereocenters. The number of anilines is 1. The first-order valence-corrected chi connectivity index (χ1v) is 10.4. The van der Waals surface area contributed by atoms with Crippen LogP contribution in [0.1, 0.15) is 29.9 Å². The molecule has 0 aliphatic carbocycles. The monoisotopic (exact) mass is 383 g/mol. The lowest BCUT2D eigenvalue weighted by Gasteiger charge is -2.30. The molecule has 0 radical (unpaired) electrons. The fourth-order valence-corrected chi connectivity index (χ4v) is 4.92. The largest absolute Gasteiger partial charge is 0.383 e. The van der Waals surface area contributed by atoms with Crippen LogP contribution in [0.3, 0.4) is 0 Å². The van der Waals surface area contributed by atoms with Gasteiger partial charge in [-0.15, -0.1) is 11.3 Å². The molecule has 0 spiro atoms. The van der Waals surface area contributed by atoms with Crippen LogP contribution in [-0.4, -0.2) is 21.3 Å². The Labute approximate surface area is 161 Å². The van der Waals surface area contributed by atoms with E-state index in [2.05, 4.69) is 43.1 Å². The van der Waals surface area contributed by atoms with Gasteiger partial charge in [-0.2, -0.15) is 0 Å². The third-order valence-electron chi connectivity index (χ3n) is 4.36. The van der Waals surface area contributed by atoms with E-state index in [1.165, 1.54) is 16.0 Å². The second-order valence-electron chi connectivity index (χ2n) is 6.92. The Hall–Kier alpha value is -1.89. The first kappa shape index (κ1) is 17.5. The van der Waals surface area contributed by atoms with Crippen LogP contribution in [0.5, 0.6) is 0 Å². The number of thiophene rings is 1. The molecule has 1 aliphatic rings. The molecule has 26 heavy (non-hydrogen) atoms. The minimum absolute atomic E-state index is 0.164. The van der Waals surface area contributed by atoms with Crippen molar-refractivity contribution < 1.29 is 4.74 Å². The molecule has 1 aromatic carbocycles. The quantitative estimate of drug-likeness (QED) is 0.511. The summed E-state index contributed by atoms with van der Waals surface area (Å²) in [6.07, 6.45) is 5.08. The third kappa shape index (κ3) is 3.63. The highest BCUT2D eigenvalue weighted by molar-refractivity contribution is 7.99. The Morgan fingerprint density at radius 2 is 2.08 bits per heavy atom.